The van der Waals surface area contributed by atoms with Crippen molar-refractivity contribution in [1.29, 1.82) is 0 Å². The highest BCUT2D eigenvalue weighted by Gasteiger charge is 2.15. The smallest absolute Gasteiger partial charge is 0.233 e. The topological polar surface area (TPSA) is 54.9 Å². The minimum absolute atomic E-state index is 0.0146. The van der Waals surface area contributed by atoms with Crippen LogP contribution in [0.1, 0.15) is 18.1 Å². The molecule has 6 heteroatoms. The number of hydrogen-bond acceptors (Lipinski definition) is 5. The SMILES string of the molecule is Cc1ccc(CNC(=O)C(C)Sc2nncs2)cc1. The molecule has 1 aromatic heterocycles. The number of nitrogens with zero attached hydrogens (tertiary/aromatic N) is 2. The van der Waals surface area contributed by atoms with Crippen LogP contribution in [-0.4, -0.2) is 21.4 Å². The number of nitrogens with one attached hydrogen (secondary N) is 1. The lowest BCUT2D eigenvalue weighted by molar-refractivity contribution is -0.120. The van der Waals surface area contributed by atoms with Gasteiger partial charge in [0.1, 0.15) is 5.51 Å². The number of rotatable bonds is 5. The van der Waals surface area contributed by atoms with Crippen molar-refractivity contribution in [2.75, 3.05) is 0 Å². The van der Waals surface area contributed by atoms with Crippen LogP contribution in [0.2, 0.25) is 0 Å². The Bertz CT molecular complexity index is 525. The summed E-state index contributed by atoms with van der Waals surface area (Å²) >= 11 is 2.87. The average molecular weight is 293 g/mol. The largest absolute Gasteiger partial charge is 0.351 e. The summed E-state index contributed by atoms with van der Waals surface area (Å²) in [6, 6.07) is 8.14. The first-order chi connectivity index (χ1) is 9.15. The van der Waals surface area contributed by atoms with E-state index in [1.165, 1.54) is 28.7 Å². The molecule has 2 rings (SSSR count). The van der Waals surface area contributed by atoms with E-state index in [1.807, 2.05) is 38.1 Å². The first kappa shape index (κ1) is 14.0. The summed E-state index contributed by atoms with van der Waals surface area (Å²) in [4.78, 5) is 11.9. The Kier molecular flexibility index (Phi) is 4.93. The molecule has 4 nitrogen and oxygen atoms in total. The second-order valence-corrected chi connectivity index (χ2v) is 6.59. The molecule has 0 saturated carbocycles. The lowest BCUT2D eigenvalue weighted by Crippen LogP contribution is -2.30. The normalized spacial score (nSPS) is 12.1. The zero-order valence-electron chi connectivity index (χ0n) is 10.8. The molecular formula is C13H15N3OS2. The minimum atomic E-state index is -0.168. The summed E-state index contributed by atoms with van der Waals surface area (Å²) in [5, 5.41) is 10.4. The van der Waals surface area contributed by atoms with E-state index in [1.54, 1.807) is 5.51 Å². The number of aromatic nitrogens is 2. The lowest BCUT2D eigenvalue weighted by atomic mass is 10.1. The van der Waals surface area contributed by atoms with Gasteiger partial charge in [-0.3, -0.25) is 4.79 Å². The summed E-state index contributed by atoms with van der Waals surface area (Å²) in [6.45, 7) is 4.47. The first-order valence-corrected chi connectivity index (χ1v) is 7.67. The molecule has 0 saturated heterocycles. The highest BCUT2D eigenvalue weighted by atomic mass is 32.2. The van der Waals surface area contributed by atoms with Gasteiger partial charge in [0.15, 0.2) is 4.34 Å². The molecule has 0 aliphatic carbocycles. The van der Waals surface area contributed by atoms with Crippen molar-refractivity contribution in [3.8, 4) is 0 Å². The van der Waals surface area contributed by atoms with Crippen molar-refractivity contribution in [1.82, 2.24) is 15.5 Å². The third-order valence-electron chi connectivity index (χ3n) is 2.57. The quantitative estimate of drug-likeness (QED) is 0.861. The highest BCUT2D eigenvalue weighted by Crippen LogP contribution is 2.24. The molecule has 1 amide bonds. The van der Waals surface area contributed by atoms with E-state index in [-0.39, 0.29) is 11.2 Å². The van der Waals surface area contributed by atoms with Crippen LogP contribution < -0.4 is 5.32 Å². The fourth-order valence-electron chi connectivity index (χ4n) is 1.46. The maximum atomic E-state index is 11.9. The molecule has 100 valence electrons. The second-order valence-electron chi connectivity index (χ2n) is 4.17. The Morgan fingerprint density at radius 3 is 2.79 bits per heavy atom. The Balaban J connectivity index is 1.82. The standard InChI is InChI=1S/C13H15N3OS2/c1-9-3-5-11(6-4-9)7-14-12(17)10(2)19-13-16-15-8-18-13/h3-6,8,10H,7H2,1-2H3,(H,14,17). The van der Waals surface area contributed by atoms with Crippen LogP contribution in [0.3, 0.4) is 0 Å². The van der Waals surface area contributed by atoms with E-state index in [4.69, 9.17) is 0 Å². The molecule has 0 fully saturated rings. The zero-order valence-corrected chi connectivity index (χ0v) is 12.4. The number of benzene rings is 1. The van der Waals surface area contributed by atoms with Crippen LogP contribution in [0.4, 0.5) is 0 Å². The molecule has 2 aromatic rings. The zero-order chi connectivity index (χ0) is 13.7. The first-order valence-electron chi connectivity index (χ1n) is 5.91. The van der Waals surface area contributed by atoms with E-state index in [0.717, 1.165) is 9.90 Å². The number of thioether (sulfide) groups is 1. The Labute approximate surface area is 120 Å². The van der Waals surface area contributed by atoms with Gasteiger partial charge in [-0.05, 0) is 19.4 Å². The molecule has 1 heterocycles. The van der Waals surface area contributed by atoms with Crippen molar-refractivity contribution in [2.45, 2.75) is 30.0 Å². The van der Waals surface area contributed by atoms with E-state index >= 15 is 0 Å². The average Bonchev–Trinajstić information content (AvgIpc) is 2.90. The maximum Gasteiger partial charge on any atom is 0.233 e. The molecule has 19 heavy (non-hydrogen) atoms. The highest BCUT2D eigenvalue weighted by molar-refractivity contribution is 8.02. The van der Waals surface area contributed by atoms with Crippen molar-refractivity contribution < 1.29 is 4.79 Å². The third-order valence-corrected chi connectivity index (χ3v) is 4.49. The van der Waals surface area contributed by atoms with Gasteiger partial charge in [-0.25, -0.2) is 0 Å². The second kappa shape index (κ2) is 6.68. The van der Waals surface area contributed by atoms with E-state index in [2.05, 4.69) is 15.5 Å². The Hall–Kier alpha value is -1.40. The van der Waals surface area contributed by atoms with E-state index in [0.29, 0.717) is 6.54 Å². The maximum absolute atomic E-state index is 11.9. The lowest BCUT2D eigenvalue weighted by Gasteiger charge is -2.10. The van der Waals surface area contributed by atoms with Gasteiger partial charge < -0.3 is 5.32 Å². The van der Waals surface area contributed by atoms with Gasteiger partial charge in [-0.15, -0.1) is 10.2 Å². The van der Waals surface area contributed by atoms with Gasteiger partial charge in [0, 0.05) is 6.54 Å². The third kappa shape index (κ3) is 4.33. The predicted molar refractivity (Wildman–Crippen MR) is 78.3 cm³/mol. The molecule has 0 aliphatic heterocycles. The van der Waals surface area contributed by atoms with Crippen molar-refractivity contribution in [3.63, 3.8) is 0 Å². The van der Waals surface area contributed by atoms with Gasteiger partial charge in [-0.1, -0.05) is 52.9 Å². The van der Waals surface area contributed by atoms with Crippen LogP contribution in [0, 0.1) is 6.92 Å². The molecule has 1 N–H and O–H groups in total. The number of carbonyl (C=O) groups is 1. The van der Waals surface area contributed by atoms with E-state index < -0.39 is 0 Å². The number of amides is 1. The monoisotopic (exact) mass is 293 g/mol. The molecule has 1 unspecified atom stereocenters. The van der Waals surface area contributed by atoms with Gasteiger partial charge in [-0.2, -0.15) is 0 Å². The van der Waals surface area contributed by atoms with Crippen LogP contribution in [0.15, 0.2) is 34.1 Å². The minimum Gasteiger partial charge on any atom is -0.351 e. The summed E-state index contributed by atoms with van der Waals surface area (Å²) < 4.78 is 0.818. The molecule has 0 radical (unpaired) electrons. The van der Waals surface area contributed by atoms with Gasteiger partial charge >= 0.3 is 0 Å². The Morgan fingerprint density at radius 1 is 1.42 bits per heavy atom. The molecule has 1 aromatic carbocycles. The van der Waals surface area contributed by atoms with Crippen molar-refractivity contribution in [2.24, 2.45) is 0 Å². The van der Waals surface area contributed by atoms with Gasteiger partial charge in [0.25, 0.3) is 0 Å². The fourth-order valence-corrected chi connectivity index (χ4v) is 3.11. The van der Waals surface area contributed by atoms with Crippen LogP contribution >= 0.6 is 23.1 Å². The fraction of sp³-hybridized carbons (Fsp3) is 0.308. The van der Waals surface area contributed by atoms with Crippen molar-refractivity contribution in [3.05, 3.63) is 40.9 Å². The van der Waals surface area contributed by atoms with Crippen molar-refractivity contribution >= 4 is 29.0 Å². The number of aryl methyl sites for hydroxylation is 1. The molecule has 0 aliphatic rings. The summed E-state index contributed by atoms with van der Waals surface area (Å²) in [7, 11) is 0. The molecule has 0 bridgehead atoms. The molecule has 0 spiro atoms. The van der Waals surface area contributed by atoms with Crippen LogP contribution in [0.5, 0.6) is 0 Å². The summed E-state index contributed by atoms with van der Waals surface area (Å²) in [6.07, 6.45) is 0. The summed E-state index contributed by atoms with van der Waals surface area (Å²) in [5.41, 5.74) is 3.99. The van der Waals surface area contributed by atoms with E-state index in [9.17, 15) is 4.79 Å². The number of carbonyl (C=O) groups excluding carboxylic acids is 1. The molecular weight excluding hydrogens is 278 g/mol. The van der Waals surface area contributed by atoms with Crippen LogP contribution in [0.25, 0.3) is 0 Å². The predicted octanol–water partition coefficient (Wildman–Crippen LogP) is 2.64. The van der Waals surface area contributed by atoms with Gasteiger partial charge in [0.2, 0.25) is 5.91 Å². The molecule has 1 atom stereocenters. The summed E-state index contributed by atoms with van der Waals surface area (Å²) in [5.74, 6) is 0.0146. The number of hydrogen-bond donors (Lipinski definition) is 1. The Morgan fingerprint density at radius 2 is 2.16 bits per heavy atom. The van der Waals surface area contributed by atoms with Crippen LogP contribution in [-0.2, 0) is 11.3 Å². The van der Waals surface area contributed by atoms with Gasteiger partial charge in [0.05, 0.1) is 5.25 Å².